The van der Waals surface area contributed by atoms with Crippen LogP contribution in [0.2, 0.25) is 0 Å². The summed E-state index contributed by atoms with van der Waals surface area (Å²) in [7, 11) is -0.0410. The monoisotopic (exact) mass is 598 g/mol. The van der Waals surface area contributed by atoms with Crippen LogP contribution >= 0.6 is 0 Å². The van der Waals surface area contributed by atoms with Crippen LogP contribution in [0.1, 0.15) is 27.0 Å². The van der Waals surface area contributed by atoms with Gasteiger partial charge in [0.25, 0.3) is 17.7 Å². The molecule has 0 saturated carbocycles. The first-order valence-electron chi connectivity index (χ1n) is 13.1. The van der Waals surface area contributed by atoms with Crippen molar-refractivity contribution in [3.05, 3.63) is 89.0 Å². The lowest BCUT2D eigenvalue weighted by Crippen LogP contribution is -2.18. The Kier molecular flexibility index (Phi) is 9.49. The second-order valence-corrected chi connectivity index (χ2v) is 11.9. The number of aromatic nitrogens is 2. The highest BCUT2D eigenvalue weighted by atomic mass is 32.2. The fourth-order valence-corrected chi connectivity index (χ4v) is 5.42. The van der Waals surface area contributed by atoms with E-state index in [1.165, 1.54) is 25.5 Å². The summed E-state index contributed by atoms with van der Waals surface area (Å²) >= 11 is 0. The molecule has 0 aliphatic rings. The van der Waals surface area contributed by atoms with E-state index in [1.807, 2.05) is 37.3 Å². The van der Waals surface area contributed by atoms with Crippen molar-refractivity contribution in [2.24, 2.45) is 4.36 Å². The first kappa shape index (κ1) is 30.8. The number of carbonyl (C=O) groups is 2. The molecular formula is C31H30N6O5S. The van der Waals surface area contributed by atoms with E-state index in [0.717, 1.165) is 11.1 Å². The van der Waals surface area contributed by atoms with Gasteiger partial charge in [0.15, 0.2) is 11.5 Å². The van der Waals surface area contributed by atoms with Crippen molar-refractivity contribution >= 4 is 27.2 Å². The Hall–Kier alpha value is -5.12. The molecule has 2 N–H and O–H groups in total. The van der Waals surface area contributed by atoms with Gasteiger partial charge in [-0.3, -0.25) is 9.59 Å². The van der Waals surface area contributed by atoms with Gasteiger partial charge in [-0.15, -0.1) is 10.2 Å². The molecule has 1 atom stereocenters. The van der Waals surface area contributed by atoms with Crippen LogP contribution in [0.25, 0.3) is 11.3 Å². The molecule has 1 unspecified atom stereocenters. The number of aryl methyl sites for hydroxylation is 1. The third kappa shape index (κ3) is 7.21. The summed E-state index contributed by atoms with van der Waals surface area (Å²) < 4.78 is 28.5. The minimum Gasteiger partial charge on any atom is -0.493 e. The third-order valence-electron chi connectivity index (χ3n) is 6.37. The highest BCUT2D eigenvalue weighted by Crippen LogP contribution is 2.36. The minimum atomic E-state index is -3.07. The lowest BCUT2D eigenvalue weighted by molar-refractivity contribution is -0.116. The van der Waals surface area contributed by atoms with Crippen molar-refractivity contribution in [1.82, 2.24) is 15.5 Å². The quantitative estimate of drug-likeness (QED) is 0.274. The van der Waals surface area contributed by atoms with Crippen LogP contribution in [0.3, 0.4) is 0 Å². The summed E-state index contributed by atoms with van der Waals surface area (Å²) in [4.78, 5) is 26.2. The second-order valence-electron chi connectivity index (χ2n) is 9.60. The van der Waals surface area contributed by atoms with E-state index >= 15 is 0 Å². The van der Waals surface area contributed by atoms with Crippen molar-refractivity contribution in [3.8, 4) is 34.7 Å². The van der Waals surface area contributed by atoms with Crippen LogP contribution < -0.4 is 20.1 Å². The molecule has 12 heteroatoms. The molecule has 43 heavy (non-hydrogen) atoms. The Balaban J connectivity index is 1.78. The molecule has 220 valence electrons. The van der Waals surface area contributed by atoms with Crippen LogP contribution in [0.5, 0.6) is 17.4 Å². The summed E-state index contributed by atoms with van der Waals surface area (Å²) in [5.41, 5.74) is 3.60. The number of hydrogen-bond acceptors (Lipinski definition) is 9. The Morgan fingerprint density at radius 3 is 2.44 bits per heavy atom. The lowest BCUT2D eigenvalue weighted by atomic mass is 10.0. The molecule has 0 aliphatic heterocycles. The van der Waals surface area contributed by atoms with Crippen LogP contribution in [0.4, 0.5) is 5.69 Å². The first-order valence-corrected chi connectivity index (χ1v) is 15.0. The number of nitrogens with one attached hydrogen (secondary N) is 2. The lowest BCUT2D eigenvalue weighted by Gasteiger charge is -2.16. The SMILES string of the molecule is CNCC(=O)N=S(C)(=O)c1cccc(NC(=O)c2c(Oc3ccc(C#N)cc3OC)nnc(-c3ccc(C)cc3)c2C)c1. The maximum atomic E-state index is 13.9. The summed E-state index contributed by atoms with van der Waals surface area (Å²) in [5, 5.41) is 23.4. The average molecular weight is 599 g/mol. The van der Waals surface area contributed by atoms with E-state index in [0.29, 0.717) is 22.5 Å². The maximum Gasteiger partial charge on any atom is 0.267 e. The molecule has 2 amide bonds. The number of methoxy groups -OCH3 is 1. The van der Waals surface area contributed by atoms with Crippen LogP contribution in [0, 0.1) is 25.2 Å². The number of anilines is 1. The van der Waals surface area contributed by atoms with Crippen LogP contribution in [0.15, 0.2) is 76.0 Å². The number of rotatable bonds is 9. The molecule has 3 aromatic carbocycles. The van der Waals surface area contributed by atoms with Gasteiger partial charge in [0.05, 0.1) is 40.7 Å². The molecule has 0 saturated heterocycles. The van der Waals surface area contributed by atoms with E-state index in [-0.39, 0.29) is 34.4 Å². The van der Waals surface area contributed by atoms with Crippen molar-refractivity contribution in [3.63, 3.8) is 0 Å². The number of likely N-dealkylation sites (N-methyl/N-ethyl adjacent to an activating group) is 1. The van der Waals surface area contributed by atoms with Gasteiger partial charge in [-0.25, -0.2) is 4.21 Å². The highest BCUT2D eigenvalue weighted by Gasteiger charge is 2.24. The Labute approximate surface area is 250 Å². The summed E-state index contributed by atoms with van der Waals surface area (Å²) in [6.45, 7) is 3.66. The average Bonchev–Trinajstić information content (AvgIpc) is 2.98. The van der Waals surface area contributed by atoms with Gasteiger partial charge in [-0.2, -0.15) is 9.62 Å². The third-order valence-corrected chi connectivity index (χ3v) is 8.05. The van der Waals surface area contributed by atoms with Crippen molar-refractivity contribution < 1.29 is 23.3 Å². The molecule has 1 heterocycles. The number of ether oxygens (including phenoxy) is 2. The van der Waals surface area contributed by atoms with Gasteiger partial charge in [-0.1, -0.05) is 35.9 Å². The van der Waals surface area contributed by atoms with E-state index in [9.17, 15) is 19.1 Å². The zero-order chi connectivity index (χ0) is 31.1. The molecule has 4 aromatic rings. The van der Waals surface area contributed by atoms with Crippen LogP contribution in [-0.4, -0.2) is 53.2 Å². The van der Waals surface area contributed by atoms with Crippen LogP contribution in [-0.2, 0) is 14.5 Å². The normalized spacial score (nSPS) is 12.0. The summed E-state index contributed by atoms with van der Waals surface area (Å²) in [6, 6.07) is 20.6. The number of nitriles is 1. The van der Waals surface area contributed by atoms with Gasteiger partial charge < -0.3 is 20.1 Å². The topological polar surface area (TPSA) is 156 Å². The molecule has 1 aromatic heterocycles. The van der Waals surface area contributed by atoms with Gasteiger partial charge in [-0.05, 0) is 56.8 Å². The van der Waals surface area contributed by atoms with E-state index in [2.05, 4.69) is 25.2 Å². The number of carbonyl (C=O) groups excluding carboxylic acids is 2. The minimum absolute atomic E-state index is 0.0499. The van der Waals surface area contributed by atoms with E-state index in [1.54, 1.807) is 44.3 Å². The Bertz CT molecular complexity index is 1860. The molecular weight excluding hydrogens is 568 g/mol. The fraction of sp³-hybridized carbons (Fsp3) is 0.194. The molecule has 0 spiro atoms. The second kappa shape index (κ2) is 13.2. The van der Waals surface area contributed by atoms with E-state index < -0.39 is 21.5 Å². The number of benzene rings is 3. The Morgan fingerprint density at radius 2 is 1.77 bits per heavy atom. The van der Waals surface area contributed by atoms with Gasteiger partial charge in [0, 0.05) is 28.5 Å². The summed E-state index contributed by atoms with van der Waals surface area (Å²) in [6.07, 6.45) is 1.36. The zero-order valence-corrected chi connectivity index (χ0v) is 25.1. The molecule has 0 bridgehead atoms. The van der Waals surface area contributed by atoms with Crippen molar-refractivity contribution in [2.45, 2.75) is 18.7 Å². The molecule has 0 radical (unpaired) electrons. The van der Waals surface area contributed by atoms with Gasteiger partial charge in [0.2, 0.25) is 0 Å². The zero-order valence-electron chi connectivity index (χ0n) is 24.3. The molecule has 0 fully saturated rings. The van der Waals surface area contributed by atoms with Crippen molar-refractivity contribution in [1.29, 1.82) is 5.26 Å². The predicted octanol–water partition coefficient (Wildman–Crippen LogP) is 4.89. The largest absolute Gasteiger partial charge is 0.493 e. The van der Waals surface area contributed by atoms with Crippen molar-refractivity contribution in [2.75, 3.05) is 32.3 Å². The van der Waals surface area contributed by atoms with Gasteiger partial charge >= 0.3 is 0 Å². The standard InChI is InChI=1S/C31H30N6O5S/c1-19-9-12-22(13-10-19)29-20(2)28(31(36-35-29)42-25-14-11-21(17-32)15-26(25)41-4)30(39)34-23-7-6-8-24(16-23)43(5,40)37-27(38)18-33-3/h6-16,33H,18H2,1-5H3,(H,34,39). The predicted molar refractivity (Wildman–Crippen MR) is 163 cm³/mol. The smallest absolute Gasteiger partial charge is 0.267 e. The van der Waals surface area contributed by atoms with E-state index in [4.69, 9.17) is 9.47 Å². The molecule has 11 nitrogen and oxygen atoms in total. The fourth-order valence-electron chi connectivity index (χ4n) is 4.18. The van der Waals surface area contributed by atoms with Gasteiger partial charge in [0.1, 0.15) is 5.56 Å². The highest BCUT2D eigenvalue weighted by molar-refractivity contribution is 7.93. The molecule has 4 rings (SSSR count). The first-order chi connectivity index (χ1) is 20.6. The molecule has 0 aliphatic carbocycles. The maximum absolute atomic E-state index is 13.9. The number of amides is 2. The number of hydrogen-bond donors (Lipinski definition) is 2. The number of nitrogens with zero attached hydrogens (tertiary/aromatic N) is 4. The Morgan fingerprint density at radius 1 is 1.02 bits per heavy atom. The summed E-state index contributed by atoms with van der Waals surface area (Å²) in [5.74, 6) is -0.697.